The van der Waals surface area contributed by atoms with Crippen LogP contribution in [0, 0.1) is 11.8 Å². The average Bonchev–Trinajstić information content (AvgIpc) is 2.55. The molecule has 0 spiro atoms. The van der Waals surface area contributed by atoms with Crippen molar-refractivity contribution in [1.82, 2.24) is 10.6 Å². The predicted molar refractivity (Wildman–Crippen MR) is 92.5 cm³/mol. The number of anilines is 2. The van der Waals surface area contributed by atoms with E-state index < -0.39 is 0 Å². The van der Waals surface area contributed by atoms with E-state index in [9.17, 15) is 9.59 Å². The molecule has 1 aliphatic rings. The van der Waals surface area contributed by atoms with E-state index in [2.05, 4.69) is 28.2 Å². The minimum Gasteiger partial charge on any atom is -0.341 e. The monoisotopic (exact) mass is 318 g/mol. The number of benzene rings is 1. The molecule has 0 aliphatic carbocycles. The van der Waals surface area contributed by atoms with Crippen LogP contribution in [0.4, 0.5) is 16.2 Å². The van der Waals surface area contributed by atoms with Gasteiger partial charge < -0.3 is 21.3 Å². The molecule has 0 aromatic heterocycles. The summed E-state index contributed by atoms with van der Waals surface area (Å²) in [6.07, 6.45) is 2.80. The highest BCUT2D eigenvalue weighted by molar-refractivity contribution is 5.93. The fraction of sp³-hybridized carbons (Fsp3) is 0.529. The van der Waals surface area contributed by atoms with E-state index in [1.807, 2.05) is 6.07 Å². The highest BCUT2D eigenvalue weighted by Gasteiger charge is 2.22. The Hall–Kier alpha value is -2.08. The Morgan fingerprint density at radius 3 is 2.52 bits per heavy atom. The van der Waals surface area contributed by atoms with E-state index in [1.54, 1.807) is 25.2 Å². The van der Waals surface area contributed by atoms with Crippen LogP contribution in [0.3, 0.4) is 0 Å². The van der Waals surface area contributed by atoms with Gasteiger partial charge in [0.2, 0.25) is 5.91 Å². The quantitative estimate of drug-likeness (QED) is 0.673. The number of hydrogen-bond acceptors (Lipinski definition) is 3. The van der Waals surface area contributed by atoms with Crippen LogP contribution in [0.2, 0.25) is 0 Å². The van der Waals surface area contributed by atoms with Gasteiger partial charge in [-0.1, -0.05) is 13.0 Å². The first-order valence-electron chi connectivity index (χ1n) is 8.18. The third-order valence-corrected chi connectivity index (χ3v) is 4.33. The number of carbonyl (C=O) groups excluding carboxylic acids is 2. The van der Waals surface area contributed by atoms with Crippen molar-refractivity contribution in [2.45, 2.75) is 26.2 Å². The maximum atomic E-state index is 12.2. The molecule has 1 aromatic carbocycles. The molecule has 1 aliphatic heterocycles. The van der Waals surface area contributed by atoms with Gasteiger partial charge in [-0.15, -0.1) is 0 Å². The zero-order valence-electron chi connectivity index (χ0n) is 13.8. The Kier molecular flexibility index (Phi) is 6.40. The molecular weight excluding hydrogens is 292 g/mol. The molecule has 0 bridgehead atoms. The lowest BCUT2D eigenvalue weighted by Crippen LogP contribution is -2.32. The molecule has 6 nitrogen and oxygen atoms in total. The van der Waals surface area contributed by atoms with E-state index in [1.165, 1.54) is 0 Å². The van der Waals surface area contributed by atoms with Crippen LogP contribution >= 0.6 is 0 Å². The summed E-state index contributed by atoms with van der Waals surface area (Å²) in [6, 6.07) is 6.87. The molecule has 126 valence electrons. The molecule has 1 heterocycles. The van der Waals surface area contributed by atoms with E-state index >= 15 is 0 Å². The van der Waals surface area contributed by atoms with Crippen molar-refractivity contribution in [3.8, 4) is 0 Å². The summed E-state index contributed by atoms with van der Waals surface area (Å²) in [5.74, 6) is 1.01. The summed E-state index contributed by atoms with van der Waals surface area (Å²) >= 11 is 0. The number of rotatable bonds is 5. The van der Waals surface area contributed by atoms with E-state index in [0.717, 1.165) is 25.9 Å². The Morgan fingerprint density at radius 2 is 1.87 bits per heavy atom. The van der Waals surface area contributed by atoms with Gasteiger partial charge in [0.1, 0.15) is 0 Å². The zero-order valence-corrected chi connectivity index (χ0v) is 13.8. The van der Waals surface area contributed by atoms with Crippen molar-refractivity contribution in [3.63, 3.8) is 0 Å². The third kappa shape index (κ3) is 5.56. The highest BCUT2D eigenvalue weighted by Crippen LogP contribution is 2.25. The minimum absolute atomic E-state index is 0.0214. The van der Waals surface area contributed by atoms with Gasteiger partial charge in [0, 0.05) is 24.8 Å². The minimum atomic E-state index is -0.284. The largest absolute Gasteiger partial charge is 0.341 e. The van der Waals surface area contributed by atoms with Gasteiger partial charge in [-0.2, -0.15) is 0 Å². The summed E-state index contributed by atoms with van der Waals surface area (Å²) in [6.45, 7) is 4.24. The first-order valence-corrected chi connectivity index (χ1v) is 8.18. The molecule has 6 heteroatoms. The van der Waals surface area contributed by atoms with Crippen LogP contribution in [0.1, 0.15) is 26.2 Å². The van der Waals surface area contributed by atoms with Gasteiger partial charge in [0.25, 0.3) is 0 Å². The average molecular weight is 318 g/mol. The van der Waals surface area contributed by atoms with Gasteiger partial charge in [-0.3, -0.25) is 4.79 Å². The van der Waals surface area contributed by atoms with Crippen LogP contribution < -0.4 is 21.3 Å². The number of carbonyl (C=O) groups is 2. The summed E-state index contributed by atoms with van der Waals surface area (Å²) in [5, 5.41) is 11.4. The standard InChI is InChI=1S/C17H26N4O2/c1-12(13-6-8-19-9-7-13)10-16(22)20-14-4-3-5-15(11-14)21-17(23)18-2/h3-5,11-13,19H,6-10H2,1-2H3,(H,20,22)(H2,18,21,23). The van der Waals surface area contributed by atoms with Crippen molar-refractivity contribution in [2.75, 3.05) is 30.8 Å². The fourth-order valence-corrected chi connectivity index (χ4v) is 2.95. The van der Waals surface area contributed by atoms with Crippen molar-refractivity contribution in [1.29, 1.82) is 0 Å². The van der Waals surface area contributed by atoms with Crippen LogP contribution in [0.5, 0.6) is 0 Å². The van der Waals surface area contributed by atoms with Crippen LogP contribution in [0.25, 0.3) is 0 Å². The second-order valence-electron chi connectivity index (χ2n) is 6.10. The topological polar surface area (TPSA) is 82.3 Å². The van der Waals surface area contributed by atoms with Crippen molar-refractivity contribution in [3.05, 3.63) is 24.3 Å². The summed E-state index contributed by atoms with van der Waals surface area (Å²) in [5.41, 5.74) is 1.34. The van der Waals surface area contributed by atoms with Gasteiger partial charge in [0.05, 0.1) is 0 Å². The first-order chi connectivity index (χ1) is 11.1. The van der Waals surface area contributed by atoms with Crippen LogP contribution in [-0.2, 0) is 4.79 Å². The number of amides is 3. The van der Waals surface area contributed by atoms with Crippen molar-refractivity contribution < 1.29 is 9.59 Å². The van der Waals surface area contributed by atoms with Crippen molar-refractivity contribution >= 4 is 23.3 Å². The van der Waals surface area contributed by atoms with Crippen LogP contribution in [0.15, 0.2) is 24.3 Å². The molecule has 23 heavy (non-hydrogen) atoms. The maximum Gasteiger partial charge on any atom is 0.318 e. The lowest BCUT2D eigenvalue weighted by Gasteiger charge is -2.27. The van der Waals surface area contributed by atoms with Crippen molar-refractivity contribution in [2.24, 2.45) is 11.8 Å². The molecular formula is C17H26N4O2. The van der Waals surface area contributed by atoms with E-state index in [0.29, 0.717) is 29.6 Å². The Morgan fingerprint density at radius 1 is 1.22 bits per heavy atom. The first kappa shape index (κ1) is 17.3. The molecule has 1 unspecified atom stereocenters. The molecule has 2 rings (SSSR count). The van der Waals surface area contributed by atoms with Gasteiger partial charge in [-0.05, 0) is 56.0 Å². The predicted octanol–water partition coefficient (Wildman–Crippen LogP) is 2.40. The highest BCUT2D eigenvalue weighted by atomic mass is 16.2. The second kappa shape index (κ2) is 8.53. The smallest absolute Gasteiger partial charge is 0.318 e. The maximum absolute atomic E-state index is 12.2. The molecule has 1 fully saturated rings. The molecule has 4 N–H and O–H groups in total. The molecule has 3 amide bonds. The molecule has 0 saturated carbocycles. The van der Waals surface area contributed by atoms with Gasteiger partial charge >= 0.3 is 6.03 Å². The summed E-state index contributed by atoms with van der Waals surface area (Å²) in [4.78, 5) is 23.5. The van der Waals surface area contributed by atoms with Gasteiger partial charge in [0.15, 0.2) is 0 Å². The zero-order chi connectivity index (χ0) is 16.7. The Balaban J connectivity index is 1.86. The molecule has 0 radical (unpaired) electrons. The molecule has 1 aromatic rings. The summed E-state index contributed by atoms with van der Waals surface area (Å²) in [7, 11) is 1.56. The van der Waals surface area contributed by atoms with E-state index in [4.69, 9.17) is 0 Å². The number of urea groups is 1. The summed E-state index contributed by atoms with van der Waals surface area (Å²) < 4.78 is 0. The third-order valence-electron chi connectivity index (χ3n) is 4.33. The Bertz CT molecular complexity index is 541. The van der Waals surface area contributed by atoms with Crippen LogP contribution in [-0.4, -0.2) is 32.1 Å². The van der Waals surface area contributed by atoms with Gasteiger partial charge in [-0.25, -0.2) is 4.79 Å². The lowest BCUT2D eigenvalue weighted by molar-refractivity contribution is -0.117. The number of hydrogen-bond donors (Lipinski definition) is 4. The second-order valence-corrected chi connectivity index (χ2v) is 6.10. The number of piperidine rings is 1. The molecule has 1 saturated heterocycles. The van der Waals surface area contributed by atoms with E-state index in [-0.39, 0.29) is 11.9 Å². The molecule has 1 atom stereocenters. The lowest BCUT2D eigenvalue weighted by atomic mass is 9.84. The normalized spacial score (nSPS) is 16.4. The Labute approximate surface area is 137 Å². The number of nitrogens with one attached hydrogen (secondary N) is 4. The SMILES string of the molecule is CNC(=O)Nc1cccc(NC(=O)CC(C)C2CCNCC2)c1. The fourth-order valence-electron chi connectivity index (χ4n) is 2.95.